The summed E-state index contributed by atoms with van der Waals surface area (Å²) >= 11 is 0. The van der Waals surface area contributed by atoms with Crippen molar-refractivity contribution in [2.75, 3.05) is 12.3 Å². The fraction of sp³-hybridized carbons (Fsp3) is 0.562. The zero-order valence-electron chi connectivity index (χ0n) is 13.1. The van der Waals surface area contributed by atoms with Crippen LogP contribution in [0.3, 0.4) is 0 Å². The molecule has 1 rings (SSSR count). The molecule has 0 saturated carbocycles. The van der Waals surface area contributed by atoms with E-state index in [1.165, 1.54) is 0 Å². The van der Waals surface area contributed by atoms with Crippen LogP contribution in [0.2, 0.25) is 0 Å². The molecular formula is C16H27ClN2O2. The second kappa shape index (κ2) is 8.90. The lowest BCUT2D eigenvalue weighted by Gasteiger charge is -2.22. The van der Waals surface area contributed by atoms with Crippen LogP contribution < -0.4 is 11.1 Å². The Morgan fingerprint density at radius 1 is 1.33 bits per heavy atom. The molecule has 21 heavy (non-hydrogen) atoms. The van der Waals surface area contributed by atoms with Gasteiger partial charge in [-0.1, -0.05) is 39.0 Å². The highest BCUT2D eigenvalue weighted by Crippen LogP contribution is 2.20. The Bertz CT molecular complexity index is 444. The van der Waals surface area contributed by atoms with Gasteiger partial charge in [0.25, 0.3) is 0 Å². The molecule has 120 valence electrons. The smallest absolute Gasteiger partial charge is 0.220 e. The van der Waals surface area contributed by atoms with Gasteiger partial charge in [0, 0.05) is 18.7 Å². The summed E-state index contributed by atoms with van der Waals surface area (Å²) in [6, 6.07) is 7.55. The second-order valence-electron chi connectivity index (χ2n) is 6.42. The van der Waals surface area contributed by atoms with E-state index in [2.05, 4.69) is 26.1 Å². The average molecular weight is 315 g/mol. The van der Waals surface area contributed by atoms with E-state index in [4.69, 9.17) is 5.73 Å². The first kappa shape index (κ1) is 19.7. The Balaban J connectivity index is 0.00000400. The lowest BCUT2D eigenvalue weighted by atomic mass is 9.89. The average Bonchev–Trinajstić information content (AvgIpc) is 2.33. The van der Waals surface area contributed by atoms with Gasteiger partial charge in [0.1, 0.15) is 0 Å². The molecule has 1 aromatic rings. The lowest BCUT2D eigenvalue weighted by Crippen LogP contribution is -2.34. The minimum atomic E-state index is -0.499. The van der Waals surface area contributed by atoms with Crippen molar-refractivity contribution in [1.82, 2.24) is 5.32 Å². The number of hydrogen-bond acceptors (Lipinski definition) is 3. The highest BCUT2D eigenvalue weighted by Gasteiger charge is 2.17. The van der Waals surface area contributed by atoms with E-state index in [0.717, 1.165) is 5.56 Å². The molecule has 0 aliphatic carbocycles. The van der Waals surface area contributed by atoms with Crippen molar-refractivity contribution < 1.29 is 9.90 Å². The number of nitrogen functional groups attached to an aromatic ring is 1. The third-order valence-electron chi connectivity index (χ3n) is 3.06. The van der Waals surface area contributed by atoms with Crippen molar-refractivity contribution >= 4 is 24.0 Å². The summed E-state index contributed by atoms with van der Waals surface area (Å²) in [5, 5.41) is 12.6. The number of benzene rings is 1. The van der Waals surface area contributed by atoms with E-state index in [9.17, 15) is 9.90 Å². The van der Waals surface area contributed by atoms with E-state index < -0.39 is 6.10 Å². The van der Waals surface area contributed by atoms with Gasteiger partial charge in [0.2, 0.25) is 5.91 Å². The third kappa shape index (κ3) is 8.58. The number of aryl methyl sites for hydroxylation is 1. The Kier molecular flexibility index (Phi) is 8.37. The van der Waals surface area contributed by atoms with Gasteiger partial charge < -0.3 is 16.2 Å². The predicted molar refractivity (Wildman–Crippen MR) is 89.5 cm³/mol. The first-order chi connectivity index (χ1) is 9.28. The maximum absolute atomic E-state index is 11.7. The van der Waals surface area contributed by atoms with Crippen molar-refractivity contribution in [3.63, 3.8) is 0 Å². The Morgan fingerprint density at radius 3 is 2.52 bits per heavy atom. The number of carbonyl (C=O) groups is 1. The third-order valence-corrected chi connectivity index (χ3v) is 3.06. The van der Waals surface area contributed by atoms with Gasteiger partial charge in [0.05, 0.1) is 6.10 Å². The molecule has 0 spiro atoms. The summed E-state index contributed by atoms with van der Waals surface area (Å²) in [6.45, 7) is 6.50. The molecule has 0 bridgehead atoms. The van der Waals surface area contributed by atoms with E-state index in [1.807, 2.05) is 24.3 Å². The van der Waals surface area contributed by atoms with Crippen LogP contribution >= 0.6 is 12.4 Å². The molecule has 0 aliphatic heterocycles. The van der Waals surface area contributed by atoms with E-state index in [0.29, 0.717) is 31.5 Å². The van der Waals surface area contributed by atoms with Crippen molar-refractivity contribution in [2.45, 2.75) is 46.1 Å². The summed E-state index contributed by atoms with van der Waals surface area (Å²) < 4.78 is 0. The summed E-state index contributed by atoms with van der Waals surface area (Å²) in [7, 11) is 0. The van der Waals surface area contributed by atoms with Gasteiger partial charge >= 0.3 is 0 Å². The standard InChI is InChI=1S/C16H26N2O2.ClH/c1-16(2,3)10-13(19)11-18-15(20)9-8-12-6-4-5-7-14(12)17;/h4-7,13,19H,8-11,17H2,1-3H3,(H,18,20);1H. The van der Waals surface area contributed by atoms with Crippen LogP contribution in [0, 0.1) is 5.41 Å². The SMILES string of the molecule is CC(C)(C)CC(O)CNC(=O)CCc1ccccc1N.Cl. The number of aliphatic hydroxyl groups is 1. The highest BCUT2D eigenvalue weighted by atomic mass is 35.5. The number of halogens is 1. The molecule has 0 radical (unpaired) electrons. The fourth-order valence-corrected chi connectivity index (χ4v) is 2.11. The molecule has 0 aliphatic rings. The number of nitrogens with two attached hydrogens (primary N) is 1. The first-order valence-corrected chi connectivity index (χ1v) is 7.06. The molecule has 1 amide bonds. The molecule has 1 aromatic carbocycles. The van der Waals surface area contributed by atoms with Gasteiger partial charge in [-0.2, -0.15) is 0 Å². The maximum Gasteiger partial charge on any atom is 0.220 e. The fourth-order valence-electron chi connectivity index (χ4n) is 2.11. The zero-order chi connectivity index (χ0) is 15.2. The maximum atomic E-state index is 11.7. The summed E-state index contributed by atoms with van der Waals surface area (Å²) in [5.41, 5.74) is 7.58. The monoisotopic (exact) mass is 314 g/mol. The summed E-state index contributed by atoms with van der Waals surface area (Å²) in [4.78, 5) is 11.7. The molecule has 0 aromatic heterocycles. The van der Waals surface area contributed by atoms with Crippen molar-refractivity contribution in [3.05, 3.63) is 29.8 Å². The van der Waals surface area contributed by atoms with E-state index in [1.54, 1.807) is 0 Å². The molecule has 0 heterocycles. The molecule has 5 heteroatoms. The van der Waals surface area contributed by atoms with Gasteiger partial charge in [-0.05, 0) is 29.9 Å². The molecule has 1 unspecified atom stereocenters. The minimum Gasteiger partial charge on any atom is -0.399 e. The predicted octanol–water partition coefficient (Wildman–Crippen LogP) is 2.54. The Morgan fingerprint density at radius 2 is 1.95 bits per heavy atom. The minimum absolute atomic E-state index is 0. The summed E-state index contributed by atoms with van der Waals surface area (Å²) in [5.74, 6) is -0.0544. The van der Waals surface area contributed by atoms with Crippen LogP contribution in [0.4, 0.5) is 5.69 Å². The Labute approximate surface area is 133 Å². The topological polar surface area (TPSA) is 75.3 Å². The lowest BCUT2D eigenvalue weighted by molar-refractivity contribution is -0.121. The number of para-hydroxylation sites is 1. The van der Waals surface area contributed by atoms with Crippen LogP contribution in [-0.4, -0.2) is 23.7 Å². The van der Waals surface area contributed by atoms with Crippen LogP contribution in [0.1, 0.15) is 39.2 Å². The number of nitrogens with one attached hydrogen (secondary N) is 1. The number of hydrogen-bond donors (Lipinski definition) is 3. The van der Waals surface area contributed by atoms with Crippen molar-refractivity contribution in [3.8, 4) is 0 Å². The van der Waals surface area contributed by atoms with Crippen LogP contribution in [0.5, 0.6) is 0 Å². The quantitative estimate of drug-likeness (QED) is 0.706. The van der Waals surface area contributed by atoms with Crippen LogP contribution in [0.25, 0.3) is 0 Å². The van der Waals surface area contributed by atoms with Crippen LogP contribution in [-0.2, 0) is 11.2 Å². The molecule has 0 fully saturated rings. The number of rotatable bonds is 6. The number of aliphatic hydroxyl groups excluding tert-OH is 1. The molecular weight excluding hydrogens is 288 g/mol. The van der Waals surface area contributed by atoms with Crippen molar-refractivity contribution in [1.29, 1.82) is 0 Å². The highest BCUT2D eigenvalue weighted by molar-refractivity contribution is 5.85. The van der Waals surface area contributed by atoms with Crippen molar-refractivity contribution in [2.24, 2.45) is 5.41 Å². The molecule has 1 atom stereocenters. The van der Waals surface area contributed by atoms with Crippen LogP contribution in [0.15, 0.2) is 24.3 Å². The van der Waals surface area contributed by atoms with Gasteiger partial charge in [-0.25, -0.2) is 0 Å². The number of amides is 1. The molecule has 4 N–H and O–H groups in total. The zero-order valence-corrected chi connectivity index (χ0v) is 13.9. The second-order valence-corrected chi connectivity index (χ2v) is 6.42. The largest absolute Gasteiger partial charge is 0.399 e. The van der Waals surface area contributed by atoms with Gasteiger partial charge in [-0.15, -0.1) is 12.4 Å². The number of carbonyl (C=O) groups excluding carboxylic acids is 1. The van der Waals surface area contributed by atoms with E-state index >= 15 is 0 Å². The van der Waals surface area contributed by atoms with Gasteiger partial charge in [-0.3, -0.25) is 4.79 Å². The normalized spacial score (nSPS) is 12.4. The molecule has 0 saturated heterocycles. The summed E-state index contributed by atoms with van der Waals surface area (Å²) in [6.07, 6.45) is 1.17. The van der Waals surface area contributed by atoms with Gasteiger partial charge in [0.15, 0.2) is 0 Å². The first-order valence-electron chi connectivity index (χ1n) is 7.06. The molecule has 4 nitrogen and oxygen atoms in total. The number of anilines is 1. The Hall–Kier alpha value is -1.26. The van der Waals surface area contributed by atoms with E-state index in [-0.39, 0.29) is 23.7 Å².